The molecule has 1 aliphatic heterocycles. The number of hydrogen-bond donors (Lipinski definition) is 1. The summed E-state index contributed by atoms with van der Waals surface area (Å²) in [5.74, 6) is 2.03. The van der Waals surface area contributed by atoms with Crippen LogP contribution in [0.4, 0.5) is 0 Å². The molecule has 0 aliphatic carbocycles. The van der Waals surface area contributed by atoms with Crippen molar-refractivity contribution < 1.29 is 18.8 Å². The lowest BCUT2D eigenvalue weighted by atomic mass is 10.2. The zero-order valence-corrected chi connectivity index (χ0v) is 15.8. The molecule has 0 saturated carbocycles. The zero-order chi connectivity index (χ0) is 18.6. The van der Waals surface area contributed by atoms with E-state index in [1.165, 1.54) is 11.3 Å². The van der Waals surface area contributed by atoms with Gasteiger partial charge in [0.15, 0.2) is 11.5 Å². The van der Waals surface area contributed by atoms with E-state index in [-0.39, 0.29) is 12.3 Å². The third-order valence-corrected chi connectivity index (χ3v) is 5.07. The Morgan fingerprint density at radius 1 is 1.30 bits per heavy atom. The van der Waals surface area contributed by atoms with Crippen molar-refractivity contribution in [3.63, 3.8) is 0 Å². The summed E-state index contributed by atoms with van der Waals surface area (Å²) in [5.41, 5.74) is 0.843. The molecule has 0 unspecified atom stereocenters. The molecule has 0 atom stereocenters. The Hall–Kier alpha value is -2.58. The van der Waals surface area contributed by atoms with Gasteiger partial charge in [-0.25, -0.2) is 0 Å². The average Bonchev–Trinajstić information content (AvgIpc) is 3.36. The number of carbonyl (C=O) groups excluding carboxylic acids is 1. The number of fused-ring (bicyclic) bond motifs is 1. The maximum absolute atomic E-state index is 12.1. The number of nitrogens with one attached hydrogen (secondary N) is 1. The minimum Gasteiger partial charge on any atom is -0.486 e. The fourth-order valence-corrected chi connectivity index (χ4v) is 3.58. The number of thiophene rings is 1. The van der Waals surface area contributed by atoms with Crippen molar-refractivity contribution >= 4 is 28.8 Å². The molecule has 27 heavy (non-hydrogen) atoms. The number of nitrogens with zero attached hydrogens (tertiary/aromatic N) is 2. The second-order valence-corrected chi connectivity index (χ2v) is 7.22. The Balaban J connectivity index is 1.29. The van der Waals surface area contributed by atoms with Gasteiger partial charge in [0.2, 0.25) is 17.6 Å². The normalized spacial score (nSPS) is 12.8. The molecule has 0 fully saturated rings. The second-order valence-electron chi connectivity index (χ2n) is 5.87. The van der Waals surface area contributed by atoms with Crippen LogP contribution in [0.25, 0.3) is 10.7 Å². The minimum atomic E-state index is -0.114. The summed E-state index contributed by atoms with van der Waals surface area (Å²) in [6, 6.07) is 7.44. The van der Waals surface area contributed by atoms with Crippen molar-refractivity contribution in [2.24, 2.45) is 0 Å². The fraction of sp³-hybridized carbons (Fsp3) is 0.278. The molecule has 3 heterocycles. The first-order valence-corrected chi connectivity index (χ1v) is 9.66. The smallest absolute Gasteiger partial charge is 0.227 e. The van der Waals surface area contributed by atoms with Gasteiger partial charge in [-0.2, -0.15) is 4.98 Å². The molecule has 0 bridgehead atoms. The molecule has 140 valence electrons. The number of halogens is 1. The lowest BCUT2D eigenvalue weighted by Gasteiger charge is -2.20. The maximum atomic E-state index is 12.1. The van der Waals surface area contributed by atoms with Crippen molar-refractivity contribution in [1.82, 2.24) is 15.5 Å². The Kier molecular flexibility index (Phi) is 5.26. The Morgan fingerprint density at radius 2 is 2.19 bits per heavy atom. The summed E-state index contributed by atoms with van der Waals surface area (Å²) in [5, 5.41) is 9.21. The molecule has 0 spiro atoms. The summed E-state index contributed by atoms with van der Waals surface area (Å²) >= 11 is 7.74. The number of rotatable bonds is 6. The summed E-state index contributed by atoms with van der Waals surface area (Å²) in [6.07, 6.45) is 0.635. The highest BCUT2D eigenvalue weighted by molar-refractivity contribution is 7.13. The van der Waals surface area contributed by atoms with Crippen LogP contribution in [0.5, 0.6) is 11.5 Å². The van der Waals surface area contributed by atoms with Crippen LogP contribution >= 0.6 is 22.9 Å². The number of amides is 1. The molecule has 3 aromatic rings. The summed E-state index contributed by atoms with van der Waals surface area (Å²) in [7, 11) is 0. The van der Waals surface area contributed by atoms with E-state index in [0.29, 0.717) is 54.4 Å². The van der Waals surface area contributed by atoms with Gasteiger partial charge in [0, 0.05) is 19.4 Å². The van der Waals surface area contributed by atoms with Crippen LogP contribution in [0.1, 0.15) is 17.9 Å². The lowest BCUT2D eigenvalue weighted by Crippen LogP contribution is -2.23. The molecule has 4 rings (SSSR count). The lowest BCUT2D eigenvalue weighted by molar-refractivity contribution is -0.121. The van der Waals surface area contributed by atoms with Crippen molar-refractivity contribution in [2.75, 3.05) is 13.2 Å². The summed E-state index contributed by atoms with van der Waals surface area (Å²) < 4.78 is 16.2. The third-order valence-electron chi connectivity index (χ3n) is 3.92. The molecule has 2 aromatic heterocycles. The van der Waals surface area contributed by atoms with Crippen LogP contribution in [0.15, 0.2) is 34.2 Å². The first kappa shape index (κ1) is 17.8. The van der Waals surface area contributed by atoms with Gasteiger partial charge in [-0.05, 0) is 29.1 Å². The number of benzene rings is 1. The standard InChI is InChI=1S/C18H16ClN3O4S/c19-12-8-11(9-13-17(12)25-6-5-24-13)10-20-15(23)3-4-16-21-18(22-26-16)14-2-1-7-27-14/h1-2,7-9H,3-6,10H2,(H,20,23). The molecule has 1 aliphatic rings. The van der Waals surface area contributed by atoms with Gasteiger partial charge >= 0.3 is 0 Å². The van der Waals surface area contributed by atoms with E-state index in [1.54, 1.807) is 6.07 Å². The number of carbonyl (C=O) groups is 1. The molecule has 1 amide bonds. The van der Waals surface area contributed by atoms with Gasteiger partial charge in [-0.3, -0.25) is 4.79 Å². The molecule has 7 nitrogen and oxygen atoms in total. The first-order valence-electron chi connectivity index (χ1n) is 8.40. The Bertz CT molecular complexity index is 942. The highest BCUT2D eigenvalue weighted by atomic mass is 35.5. The van der Waals surface area contributed by atoms with Crippen LogP contribution in [0.2, 0.25) is 5.02 Å². The van der Waals surface area contributed by atoms with E-state index in [9.17, 15) is 4.79 Å². The molecule has 1 aromatic carbocycles. The van der Waals surface area contributed by atoms with Crippen LogP contribution in [-0.2, 0) is 17.8 Å². The van der Waals surface area contributed by atoms with Crippen LogP contribution in [0, 0.1) is 0 Å². The Labute approximate surface area is 164 Å². The molecular weight excluding hydrogens is 390 g/mol. The predicted molar refractivity (Wildman–Crippen MR) is 100 cm³/mol. The van der Waals surface area contributed by atoms with Gasteiger partial charge in [-0.1, -0.05) is 22.8 Å². The minimum absolute atomic E-state index is 0.114. The maximum Gasteiger partial charge on any atom is 0.227 e. The molecule has 9 heteroatoms. The van der Waals surface area contributed by atoms with Crippen molar-refractivity contribution in [3.8, 4) is 22.2 Å². The molecule has 1 N–H and O–H groups in total. The van der Waals surface area contributed by atoms with Gasteiger partial charge in [-0.15, -0.1) is 11.3 Å². The van der Waals surface area contributed by atoms with E-state index < -0.39 is 0 Å². The quantitative estimate of drug-likeness (QED) is 0.675. The summed E-state index contributed by atoms with van der Waals surface area (Å²) in [4.78, 5) is 17.4. The van der Waals surface area contributed by atoms with E-state index >= 15 is 0 Å². The molecule has 0 saturated heterocycles. The van der Waals surface area contributed by atoms with E-state index in [0.717, 1.165) is 10.4 Å². The van der Waals surface area contributed by atoms with Crippen molar-refractivity contribution in [3.05, 3.63) is 46.1 Å². The third kappa shape index (κ3) is 4.23. The number of ether oxygens (including phenoxy) is 2. The van der Waals surface area contributed by atoms with Crippen LogP contribution < -0.4 is 14.8 Å². The van der Waals surface area contributed by atoms with Gasteiger partial charge in [0.1, 0.15) is 13.2 Å². The SMILES string of the molecule is O=C(CCc1nc(-c2cccs2)no1)NCc1cc(Cl)c2c(c1)OCCO2. The molecule has 0 radical (unpaired) electrons. The van der Waals surface area contributed by atoms with Gasteiger partial charge in [0.05, 0.1) is 9.90 Å². The summed E-state index contributed by atoms with van der Waals surface area (Å²) in [6.45, 7) is 1.31. The predicted octanol–water partition coefficient (Wildman–Crippen LogP) is 3.47. The number of aryl methyl sites for hydroxylation is 1. The van der Waals surface area contributed by atoms with Crippen molar-refractivity contribution in [1.29, 1.82) is 0 Å². The topological polar surface area (TPSA) is 86.5 Å². The zero-order valence-electron chi connectivity index (χ0n) is 14.2. The van der Waals surface area contributed by atoms with Crippen LogP contribution in [0.3, 0.4) is 0 Å². The number of hydrogen-bond acceptors (Lipinski definition) is 7. The van der Waals surface area contributed by atoms with Gasteiger partial charge in [0.25, 0.3) is 0 Å². The number of aromatic nitrogens is 2. The largest absolute Gasteiger partial charge is 0.486 e. The van der Waals surface area contributed by atoms with Crippen molar-refractivity contribution in [2.45, 2.75) is 19.4 Å². The average molecular weight is 406 g/mol. The monoisotopic (exact) mass is 405 g/mol. The Morgan fingerprint density at radius 3 is 3.04 bits per heavy atom. The first-order chi connectivity index (χ1) is 13.2. The van der Waals surface area contributed by atoms with E-state index in [4.69, 9.17) is 25.6 Å². The highest BCUT2D eigenvalue weighted by Gasteiger charge is 2.17. The van der Waals surface area contributed by atoms with Gasteiger partial charge < -0.3 is 19.3 Å². The van der Waals surface area contributed by atoms with E-state index in [1.807, 2.05) is 23.6 Å². The van der Waals surface area contributed by atoms with Crippen LogP contribution in [-0.4, -0.2) is 29.3 Å². The highest BCUT2D eigenvalue weighted by Crippen LogP contribution is 2.38. The fourth-order valence-electron chi connectivity index (χ4n) is 2.64. The van der Waals surface area contributed by atoms with E-state index in [2.05, 4.69) is 15.5 Å². The second kappa shape index (κ2) is 7.98. The molecular formula is C18H16ClN3O4S.